The average Bonchev–Trinajstić information content (AvgIpc) is 2.08. The Kier molecular flexibility index (Phi) is 4.71. The third-order valence-corrected chi connectivity index (χ3v) is 2.91. The molecule has 0 unspecified atom stereocenters. The Labute approximate surface area is 92.9 Å². The van der Waals surface area contributed by atoms with Gasteiger partial charge in [-0.05, 0) is 30.7 Å². The highest BCUT2D eigenvalue weighted by atomic mass is 35.5. The number of halogens is 2. The van der Waals surface area contributed by atoms with Crippen molar-refractivity contribution in [2.75, 3.05) is 5.75 Å². The van der Waals surface area contributed by atoms with Crippen LogP contribution >= 0.6 is 35.0 Å². The van der Waals surface area contributed by atoms with Gasteiger partial charge in [0, 0.05) is 20.7 Å². The Bertz CT molecular complexity index is 279. The monoisotopic (exact) mass is 232 g/mol. The fourth-order valence-electron chi connectivity index (χ4n) is 0.810. The first-order valence-electron chi connectivity index (χ1n) is 3.90. The molecule has 0 radical (unpaired) electrons. The molecule has 0 saturated carbocycles. The lowest BCUT2D eigenvalue weighted by Gasteiger charge is -2.00. The van der Waals surface area contributed by atoms with Gasteiger partial charge in [0.2, 0.25) is 0 Å². The predicted molar refractivity (Wildman–Crippen MR) is 61.8 cm³/mol. The molecule has 0 saturated heterocycles. The molecular formula is C10H10Cl2S. The Morgan fingerprint density at radius 1 is 1.31 bits per heavy atom. The number of hydrogen-bond acceptors (Lipinski definition) is 1. The van der Waals surface area contributed by atoms with E-state index in [1.165, 1.54) is 4.90 Å². The van der Waals surface area contributed by atoms with Crippen LogP contribution < -0.4 is 0 Å². The van der Waals surface area contributed by atoms with Crippen LogP contribution in [0, 0.1) is 0 Å². The molecule has 13 heavy (non-hydrogen) atoms. The van der Waals surface area contributed by atoms with Gasteiger partial charge in [-0.1, -0.05) is 29.8 Å². The van der Waals surface area contributed by atoms with E-state index in [2.05, 4.69) is 6.58 Å². The maximum Gasteiger partial charge on any atom is 0.0406 e. The van der Waals surface area contributed by atoms with Crippen LogP contribution in [0.4, 0.5) is 0 Å². The molecule has 1 aromatic rings. The lowest BCUT2D eigenvalue weighted by atomic mass is 10.4. The first kappa shape index (κ1) is 11.0. The van der Waals surface area contributed by atoms with E-state index in [0.717, 1.165) is 17.2 Å². The van der Waals surface area contributed by atoms with Crippen LogP contribution in [0.5, 0.6) is 0 Å². The smallest absolute Gasteiger partial charge is 0.0406 e. The van der Waals surface area contributed by atoms with E-state index in [9.17, 15) is 0 Å². The van der Waals surface area contributed by atoms with E-state index < -0.39 is 0 Å². The molecule has 0 bridgehead atoms. The molecular weight excluding hydrogens is 223 g/mol. The van der Waals surface area contributed by atoms with Gasteiger partial charge in [-0.3, -0.25) is 0 Å². The fraction of sp³-hybridized carbons (Fsp3) is 0.200. The fourth-order valence-corrected chi connectivity index (χ4v) is 2.06. The summed E-state index contributed by atoms with van der Waals surface area (Å²) < 4.78 is 0. The number of rotatable bonds is 4. The van der Waals surface area contributed by atoms with Crippen molar-refractivity contribution >= 4 is 35.0 Å². The van der Waals surface area contributed by atoms with Crippen molar-refractivity contribution < 1.29 is 0 Å². The largest absolute Gasteiger partial charge is 0.126 e. The van der Waals surface area contributed by atoms with E-state index in [0.29, 0.717) is 5.03 Å². The number of thioether (sulfide) groups is 1. The maximum atomic E-state index is 5.75. The topological polar surface area (TPSA) is 0 Å². The Balaban J connectivity index is 2.37. The molecule has 0 aliphatic carbocycles. The molecule has 0 atom stereocenters. The molecule has 3 heteroatoms. The summed E-state index contributed by atoms with van der Waals surface area (Å²) in [4.78, 5) is 1.21. The summed E-state index contributed by atoms with van der Waals surface area (Å²) in [5.41, 5.74) is 0. The summed E-state index contributed by atoms with van der Waals surface area (Å²) in [6.07, 6.45) is 0.842. The minimum Gasteiger partial charge on any atom is -0.126 e. The summed E-state index contributed by atoms with van der Waals surface area (Å²) in [7, 11) is 0. The van der Waals surface area contributed by atoms with Gasteiger partial charge in [-0.25, -0.2) is 0 Å². The van der Waals surface area contributed by atoms with Crippen LogP contribution in [0.2, 0.25) is 5.02 Å². The summed E-state index contributed by atoms with van der Waals surface area (Å²) in [5, 5.41) is 1.48. The van der Waals surface area contributed by atoms with Crippen molar-refractivity contribution in [2.45, 2.75) is 11.3 Å². The molecule has 0 amide bonds. The SMILES string of the molecule is C=C(Cl)CCSc1ccc(Cl)cc1. The molecule has 0 N–H and O–H groups in total. The van der Waals surface area contributed by atoms with Crippen LogP contribution in [-0.4, -0.2) is 5.75 Å². The van der Waals surface area contributed by atoms with Crippen LogP contribution in [0.1, 0.15) is 6.42 Å². The Morgan fingerprint density at radius 2 is 1.92 bits per heavy atom. The molecule has 1 rings (SSSR count). The highest BCUT2D eigenvalue weighted by Gasteiger charge is 1.94. The van der Waals surface area contributed by atoms with Crippen LogP contribution in [0.25, 0.3) is 0 Å². The Morgan fingerprint density at radius 3 is 2.46 bits per heavy atom. The first-order chi connectivity index (χ1) is 6.18. The molecule has 0 spiro atoms. The van der Waals surface area contributed by atoms with Gasteiger partial charge in [-0.15, -0.1) is 11.8 Å². The summed E-state index contributed by atoms with van der Waals surface area (Å²) in [6.45, 7) is 3.63. The minimum absolute atomic E-state index is 0.710. The zero-order chi connectivity index (χ0) is 9.68. The lowest BCUT2D eigenvalue weighted by molar-refractivity contribution is 1.22. The molecule has 0 aromatic heterocycles. The predicted octanol–water partition coefficient (Wildman–Crippen LogP) is 4.57. The summed E-state index contributed by atoms with van der Waals surface area (Å²) >= 11 is 13.1. The summed E-state index contributed by atoms with van der Waals surface area (Å²) in [6, 6.07) is 7.78. The quantitative estimate of drug-likeness (QED) is 0.686. The molecule has 70 valence electrons. The summed E-state index contributed by atoms with van der Waals surface area (Å²) in [5.74, 6) is 0.962. The van der Waals surface area contributed by atoms with Crippen LogP contribution in [0.15, 0.2) is 40.8 Å². The Hall–Kier alpha value is -0.110. The molecule has 0 aliphatic heterocycles. The second kappa shape index (κ2) is 5.58. The number of benzene rings is 1. The van der Waals surface area contributed by atoms with E-state index in [1.54, 1.807) is 11.8 Å². The van der Waals surface area contributed by atoms with E-state index in [1.807, 2.05) is 24.3 Å². The van der Waals surface area contributed by atoms with Crippen molar-refractivity contribution in [3.05, 3.63) is 40.9 Å². The lowest BCUT2D eigenvalue weighted by Crippen LogP contribution is -1.78. The van der Waals surface area contributed by atoms with Crippen molar-refractivity contribution in [2.24, 2.45) is 0 Å². The van der Waals surface area contributed by atoms with Gasteiger partial charge in [-0.2, -0.15) is 0 Å². The van der Waals surface area contributed by atoms with E-state index in [-0.39, 0.29) is 0 Å². The second-order valence-corrected chi connectivity index (χ2v) is 4.71. The van der Waals surface area contributed by atoms with Gasteiger partial charge in [0.1, 0.15) is 0 Å². The zero-order valence-corrected chi connectivity index (χ0v) is 9.42. The second-order valence-electron chi connectivity index (χ2n) is 2.57. The van der Waals surface area contributed by atoms with Crippen molar-refractivity contribution in [1.82, 2.24) is 0 Å². The first-order valence-corrected chi connectivity index (χ1v) is 5.64. The molecule has 0 nitrogen and oxygen atoms in total. The maximum absolute atomic E-state index is 5.75. The highest BCUT2D eigenvalue weighted by Crippen LogP contribution is 2.22. The third-order valence-electron chi connectivity index (χ3n) is 1.46. The van der Waals surface area contributed by atoms with E-state index >= 15 is 0 Å². The molecule has 0 aliphatic rings. The zero-order valence-electron chi connectivity index (χ0n) is 7.09. The van der Waals surface area contributed by atoms with Gasteiger partial charge in [0.25, 0.3) is 0 Å². The van der Waals surface area contributed by atoms with Crippen molar-refractivity contribution in [1.29, 1.82) is 0 Å². The van der Waals surface area contributed by atoms with Crippen LogP contribution in [0.3, 0.4) is 0 Å². The van der Waals surface area contributed by atoms with Gasteiger partial charge in [0.15, 0.2) is 0 Å². The number of allylic oxidation sites excluding steroid dienone is 1. The standard InChI is InChI=1S/C10H10Cl2S/c1-8(11)6-7-13-10-4-2-9(12)3-5-10/h2-5H,1,6-7H2. The highest BCUT2D eigenvalue weighted by molar-refractivity contribution is 7.99. The van der Waals surface area contributed by atoms with Crippen molar-refractivity contribution in [3.63, 3.8) is 0 Å². The third kappa shape index (κ3) is 4.61. The van der Waals surface area contributed by atoms with Gasteiger partial charge < -0.3 is 0 Å². The number of hydrogen-bond donors (Lipinski definition) is 0. The normalized spacial score (nSPS) is 10.0. The van der Waals surface area contributed by atoms with E-state index in [4.69, 9.17) is 23.2 Å². The molecule has 1 aromatic carbocycles. The van der Waals surface area contributed by atoms with Gasteiger partial charge >= 0.3 is 0 Å². The average molecular weight is 233 g/mol. The molecule has 0 heterocycles. The van der Waals surface area contributed by atoms with Crippen molar-refractivity contribution in [3.8, 4) is 0 Å². The van der Waals surface area contributed by atoms with Gasteiger partial charge in [0.05, 0.1) is 0 Å². The minimum atomic E-state index is 0.710. The molecule has 0 fully saturated rings. The van der Waals surface area contributed by atoms with Crippen LogP contribution in [-0.2, 0) is 0 Å².